The molecular weight excluding hydrogens is 261 g/mol. The van der Waals surface area contributed by atoms with E-state index in [1.54, 1.807) is 6.07 Å². The van der Waals surface area contributed by atoms with Gasteiger partial charge in [0.25, 0.3) is 0 Å². The number of H-pyrrole nitrogens is 1. The molecule has 2 aromatic rings. The second-order valence-corrected chi connectivity index (χ2v) is 4.08. The highest BCUT2D eigenvalue weighted by molar-refractivity contribution is 6.28. The van der Waals surface area contributed by atoms with Gasteiger partial charge in [-0.25, -0.2) is 14.5 Å². The first-order valence-corrected chi connectivity index (χ1v) is 5.59. The van der Waals surface area contributed by atoms with Crippen molar-refractivity contribution in [2.45, 2.75) is 20.0 Å². The molecule has 8 heteroatoms. The van der Waals surface area contributed by atoms with Crippen LogP contribution in [0, 0.1) is 5.82 Å². The van der Waals surface area contributed by atoms with Gasteiger partial charge in [0.15, 0.2) is 17.5 Å². The number of nitrogens with one attached hydrogen (secondary N) is 2. The fourth-order valence-electron chi connectivity index (χ4n) is 1.24. The van der Waals surface area contributed by atoms with Gasteiger partial charge in [-0.05, 0) is 25.4 Å². The smallest absolute Gasteiger partial charge is 0.224 e. The van der Waals surface area contributed by atoms with Crippen molar-refractivity contribution >= 4 is 23.2 Å². The molecule has 0 aliphatic rings. The maximum absolute atomic E-state index is 13.4. The van der Waals surface area contributed by atoms with Crippen LogP contribution in [0.2, 0.25) is 5.28 Å². The van der Waals surface area contributed by atoms with Crippen molar-refractivity contribution in [3.63, 3.8) is 0 Å². The van der Waals surface area contributed by atoms with Crippen LogP contribution in [0.25, 0.3) is 0 Å². The summed E-state index contributed by atoms with van der Waals surface area (Å²) in [4.78, 5) is 7.22. The molecule has 96 valence electrons. The van der Waals surface area contributed by atoms with E-state index in [0.29, 0.717) is 11.7 Å². The maximum Gasteiger partial charge on any atom is 0.224 e. The lowest BCUT2D eigenvalue weighted by Gasteiger charge is -2.05. The molecule has 0 aromatic carbocycles. The monoisotopic (exact) mass is 271 g/mol. The van der Waals surface area contributed by atoms with E-state index in [4.69, 9.17) is 16.3 Å². The molecule has 0 spiro atoms. The van der Waals surface area contributed by atoms with Crippen molar-refractivity contribution in [1.29, 1.82) is 0 Å². The van der Waals surface area contributed by atoms with Gasteiger partial charge >= 0.3 is 0 Å². The quantitative estimate of drug-likeness (QED) is 0.836. The summed E-state index contributed by atoms with van der Waals surface area (Å²) in [6.45, 7) is 3.77. The minimum Gasteiger partial charge on any atom is -0.475 e. The lowest BCUT2D eigenvalue weighted by Crippen LogP contribution is -2.05. The number of aromatic amines is 1. The third-order valence-electron chi connectivity index (χ3n) is 1.88. The van der Waals surface area contributed by atoms with Crippen LogP contribution in [0.1, 0.15) is 13.8 Å². The van der Waals surface area contributed by atoms with E-state index in [1.807, 2.05) is 13.8 Å². The Bertz CT molecular complexity index is 545. The summed E-state index contributed by atoms with van der Waals surface area (Å²) >= 11 is 5.58. The zero-order valence-corrected chi connectivity index (χ0v) is 10.5. The SMILES string of the molecule is CC(C)Oc1cc(Nc2nc(Cl)ncc2F)n[nH]1. The van der Waals surface area contributed by atoms with Crippen molar-refractivity contribution in [3.8, 4) is 5.88 Å². The van der Waals surface area contributed by atoms with Crippen LogP contribution < -0.4 is 10.1 Å². The molecule has 2 heterocycles. The van der Waals surface area contributed by atoms with Crippen LogP contribution in [0.15, 0.2) is 12.3 Å². The molecule has 2 N–H and O–H groups in total. The number of halogens is 2. The molecule has 18 heavy (non-hydrogen) atoms. The van der Waals surface area contributed by atoms with Crippen molar-refractivity contribution in [2.24, 2.45) is 0 Å². The van der Waals surface area contributed by atoms with Gasteiger partial charge in [0.1, 0.15) is 0 Å². The standard InChI is InChI=1S/C10H11ClFN5O/c1-5(2)18-8-3-7(16-17-8)14-9-6(12)4-13-10(11)15-9/h3-5H,1-2H3,(H2,13,14,15,16,17). The Kier molecular flexibility index (Phi) is 3.61. The van der Waals surface area contributed by atoms with E-state index in [0.717, 1.165) is 6.20 Å². The minimum absolute atomic E-state index is 0.0172. The predicted molar refractivity (Wildman–Crippen MR) is 64.6 cm³/mol. The van der Waals surface area contributed by atoms with E-state index in [1.165, 1.54) is 0 Å². The molecule has 0 fully saturated rings. The van der Waals surface area contributed by atoms with E-state index in [-0.39, 0.29) is 17.2 Å². The van der Waals surface area contributed by atoms with E-state index >= 15 is 0 Å². The number of hydrogen-bond acceptors (Lipinski definition) is 5. The van der Waals surface area contributed by atoms with E-state index in [9.17, 15) is 4.39 Å². The Labute approximate surface area is 108 Å². The zero-order valence-electron chi connectivity index (χ0n) is 9.74. The van der Waals surface area contributed by atoms with Crippen molar-refractivity contribution in [3.05, 3.63) is 23.4 Å². The Morgan fingerprint density at radius 3 is 3.00 bits per heavy atom. The van der Waals surface area contributed by atoms with Gasteiger partial charge in [-0.1, -0.05) is 0 Å². The summed E-state index contributed by atoms with van der Waals surface area (Å²) in [6, 6.07) is 1.59. The van der Waals surface area contributed by atoms with Gasteiger partial charge < -0.3 is 10.1 Å². The molecule has 0 bridgehead atoms. The molecule has 2 rings (SSSR count). The van der Waals surface area contributed by atoms with Crippen LogP contribution in [-0.2, 0) is 0 Å². The Morgan fingerprint density at radius 1 is 1.50 bits per heavy atom. The summed E-state index contributed by atoms with van der Waals surface area (Å²) in [5.74, 6) is 0.193. The second kappa shape index (κ2) is 5.18. The normalized spacial score (nSPS) is 10.7. The molecule has 0 unspecified atom stereocenters. The van der Waals surface area contributed by atoms with Crippen molar-refractivity contribution in [2.75, 3.05) is 5.32 Å². The van der Waals surface area contributed by atoms with Gasteiger partial charge in [-0.3, -0.25) is 0 Å². The first kappa shape index (κ1) is 12.6. The fourth-order valence-corrected chi connectivity index (χ4v) is 1.37. The van der Waals surface area contributed by atoms with Crippen molar-refractivity contribution < 1.29 is 9.13 Å². The largest absolute Gasteiger partial charge is 0.475 e. The molecule has 0 saturated carbocycles. The Morgan fingerprint density at radius 2 is 2.28 bits per heavy atom. The molecule has 0 radical (unpaired) electrons. The number of ether oxygens (including phenoxy) is 1. The van der Waals surface area contributed by atoms with Gasteiger partial charge in [0.2, 0.25) is 11.2 Å². The lowest BCUT2D eigenvalue weighted by atomic mass is 10.5. The van der Waals surface area contributed by atoms with Gasteiger partial charge in [-0.2, -0.15) is 10.1 Å². The highest BCUT2D eigenvalue weighted by Gasteiger charge is 2.09. The second-order valence-electron chi connectivity index (χ2n) is 3.74. The minimum atomic E-state index is -0.617. The molecule has 2 aromatic heterocycles. The topological polar surface area (TPSA) is 75.7 Å². The third kappa shape index (κ3) is 3.07. The van der Waals surface area contributed by atoms with Gasteiger partial charge in [0.05, 0.1) is 12.3 Å². The third-order valence-corrected chi connectivity index (χ3v) is 2.06. The lowest BCUT2D eigenvalue weighted by molar-refractivity contribution is 0.232. The Hall–Kier alpha value is -1.89. The highest BCUT2D eigenvalue weighted by atomic mass is 35.5. The molecule has 0 aliphatic heterocycles. The summed E-state index contributed by atoms with van der Waals surface area (Å²) < 4.78 is 18.7. The van der Waals surface area contributed by atoms with E-state index in [2.05, 4.69) is 25.5 Å². The number of nitrogens with zero attached hydrogens (tertiary/aromatic N) is 3. The number of aromatic nitrogens is 4. The van der Waals surface area contributed by atoms with Crippen molar-refractivity contribution in [1.82, 2.24) is 20.2 Å². The van der Waals surface area contributed by atoms with Gasteiger partial charge in [-0.15, -0.1) is 0 Å². The van der Waals surface area contributed by atoms with Crippen LogP contribution in [0.3, 0.4) is 0 Å². The number of anilines is 2. The van der Waals surface area contributed by atoms with Crippen LogP contribution in [0.4, 0.5) is 16.0 Å². The zero-order chi connectivity index (χ0) is 13.1. The number of hydrogen-bond donors (Lipinski definition) is 2. The average molecular weight is 272 g/mol. The van der Waals surface area contributed by atoms with Crippen LogP contribution >= 0.6 is 11.6 Å². The average Bonchev–Trinajstić information content (AvgIpc) is 2.70. The summed E-state index contributed by atoms with van der Waals surface area (Å²) in [5.41, 5.74) is 0. The first-order valence-electron chi connectivity index (χ1n) is 5.21. The molecule has 0 atom stereocenters. The van der Waals surface area contributed by atoms with Crippen LogP contribution in [-0.4, -0.2) is 26.3 Å². The summed E-state index contributed by atoms with van der Waals surface area (Å²) in [7, 11) is 0. The summed E-state index contributed by atoms with van der Waals surface area (Å²) in [6.07, 6.45) is 0.999. The van der Waals surface area contributed by atoms with E-state index < -0.39 is 5.82 Å². The maximum atomic E-state index is 13.4. The van der Waals surface area contributed by atoms with Gasteiger partial charge in [0, 0.05) is 6.07 Å². The molecule has 0 amide bonds. The summed E-state index contributed by atoms with van der Waals surface area (Å²) in [5, 5.41) is 9.19. The molecule has 0 saturated heterocycles. The highest BCUT2D eigenvalue weighted by Crippen LogP contribution is 2.20. The first-order chi connectivity index (χ1) is 8.54. The number of rotatable bonds is 4. The predicted octanol–water partition coefficient (Wildman–Crippen LogP) is 2.52. The molecular formula is C10H11ClFN5O. The Balaban J connectivity index is 2.13. The molecule has 6 nitrogen and oxygen atoms in total. The molecule has 0 aliphatic carbocycles. The fraction of sp³-hybridized carbons (Fsp3) is 0.300. The van der Waals surface area contributed by atoms with Crippen LogP contribution in [0.5, 0.6) is 5.88 Å².